The third kappa shape index (κ3) is 5.97. The molecule has 1 aliphatic heterocycles. The Morgan fingerprint density at radius 2 is 1.91 bits per heavy atom. The van der Waals surface area contributed by atoms with Gasteiger partial charge in [-0.05, 0) is 47.4 Å². The van der Waals surface area contributed by atoms with Gasteiger partial charge in [0, 0.05) is 37.6 Å². The van der Waals surface area contributed by atoms with E-state index in [4.69, 9.17) is 4.74 Å². The highest BCUT2D eigenvalue weighted by Crippen LogP contribution is 2.18. The van der Waals surface area contributed by atoms with Crippen molar-refractivity contribution in [2.75, 3.05) is 19.8 Å². The standard InChI is InChI=1S/C16H28N4O2/c1-13-10-19(15(21)22-16(3,4)5)11-14(2)20(13)12-18-9-7-8-17-6/h7-9,13-14H,6,10-12H2,1-5H3/b8-7-,18-9-. The van der Waals surface area contributed by atoms with E-state index >= 15 is 0 Å². The number of rotatable bonds is 4. The van der Waals surface area contributed by atoms with E-state index in [0.29, 0.717) is 19.8 Å². The van der Waals surface area contributed by atoms with Gasteiger partial charge in [-0.1, -0.05) is 0 Å². The molecule has 0 aromatic carbocycles. The van der Waals surface area contributed by atoms with E-state index in [2.05, 4.69) is 35.4 Å². The lowest BCUT2D eigenvalue weighted by atomic mass is 10.1. The summed E-state index contributed by atoms with van der Waals surface area (Å²) in [7, 11) is 0. The molecule has 2 unspecified atom stereocenters. The first-order valence-electron chi connectivity index (χ1n) is 7.59. The van der Waals surface area contributed by atoms with Crippen LogP contribution in [0.4, 0.5) is 4.79 Å². The number of amides is 1. The summed E-state index contributed by atoms with van der Waals surface area (Å²) in [6.45, 7) is 15.1. The van der Waals surface area contributed by atoms with Crippen LogP contribution in [0.25, 0.3) is 0 Å². The summed E-state index contributed by atoms with van der Waals surface area (Å²) in [5, 5.41) is 0. The quantitative estimate of drug-likeness (QED) is 0.750. The minimum Gasteiger partial charge on any atom is -0.444 e. The van der Waals surface area contributed by atoms with E-state index in [9.17, 15) is 4.79 Å². The maximum Gasteiger partial charge on any atom is 0.410 e. The number of piperazine rings is 1. The molecule has 1 amide bonds. The zero-order valence-corrected chi connectivity index (χ0v) is 14.3. The Morgan fingerprint density at radius 1 is 1.32 bits per heavy atom. The predicted molar refractivity (Wildman–Crippen MR) is 90.6 cm³/mol. The largest absolute Gasteiger partial charge is 0.444 e. The zero-order valence-electron chi connectivity index (χ0n) is 14.3. The van der Waals surface area contributed by atoms with E-state index < -0.39 is 5.60 Å². The summed E-state index contributed by atoms with van der Waals surface area (Å²) in [5.74, 6) is 0. The van der Waals surface area contributed by atoms with Crippen molar-refractivity contribution in [2.24, 2.45) is 9.98 Å². The van der Waals surface area contributed by atoms with Crippen molar-refractivity contribution in [1.82, 2.24) is 9.80 Å². The molecule has 0 aromatic rings. The van der Waals surface area contributed by atoms with Crippen LogP contribution in [0.15, 0.2) is 22.3 Å². The highest BCUT2D eigenvalue weighted by molar-refractivity contribution is 5.71. The molecular formula is C16H28N4O2. The molecule has 0 bridgehead atoms. The van der Waals surface area contributed by atoms with Crippen LogP contribution < -0.4 is 0 Å². The third-order valence-corrected chi connectivity index (χ3v) is 3.38. The Labute approximate surface area is 133 Å². The summed E-state index contributed by atoms with van der Waals surface area (Å²) in [4.78, 5) is 24.2. The Balaban J connectivity index is 2.57. The first-order chi connectivity index (χ1) is 10.2. The second kappa shape index (κ2) is 8.08. The van der Waals surface area contributed by atoms with Crippen molar-refractivity contribution in [3.05, 3.63) is 12.3 Å². The molecule has 124 valence electrons. The second-order valence-corrected chi connectivity index (χ2v) is 6.59. The molecule has 22 heavy (non-hydrogen) atoms. The third-order valence-electron chi connectivity index (χ3n) is 3.38. The van der Waals surface area contributed by atoms with Crippen molar-refractivity contribution >= 4 is 19.0 Å². The molecule has 6 heteroatoms. The lowest BCUT2D eigenvalue weighted by Gasteiger charge is -2.43. The highest BCUT2D eigenvalue weighted by atomic mass is 16.6. The maximum absolute atomic E-state index is 12.2. The van der Waals surface area contributed by atoms with Crippen molar-refractivity contribution in [1.29, 1.82) is 0 Å². The molecule has 0 N–H and O–H groups in total. The topological polar surface area (TPSA) is 57.5 Å². The number of hydrogen-bond donors (Lipinski definition) is 0. The molecular weight excluding hydrogens is 280 g/mol. The molecule has 0 spiro atoms. The number of carbonyl (C=O) groups excluding carboxylic acids is 1. The molecule has 6 nitrogen and oxygen atoms in total. The van der Waals surface area contributed by atoms with Gasteiger partial charge in [-0.2, -0.15) is 0 Å². The van der Waals surface area contributed by atoms with Gasteiger partial charge in [-0.3, -0.25) is 14.9 Å². The zero-order chi connectivity index (χ0) is 16.8. The summed E-state index contributed by atoms with van der Waals surface area (Å²) in [6.07, 6.45) is 4.82. The van der Waals surface area contributed by atoms with Crippen LogP contribution in [0.5, 0.6) is 0 Å². The average Bonchev–Trinajstić information content (AvgIpc) is 2.39. The van der Waals surface area contributed by atoms with Crippen LogP contribution in [0, 0.1) is 0 Å². The lowest BCUT2D eigenvalue weighted by molar-refractivity contribution is -0.00668. The fraction of sp³-hybridized carbons (Fsp3) is 0.688. The highest BCUT2D eigenvalue weighted by Gasteiger charge is 2.33. The molecule has 1 aliphatic rings. The molecule has 0 aromatic heterocycles. The van der Waals surface area contributed by atoms with Gasteiger partial charge >= 0.3 is 6.09 Å². The van der Waals surface area contributed by atoms with Gasteiger partial charge in [0.05, 0.1) is 6.67 Å². The summed E-state index contributed by atoms with van der Waals surface area (Å²) >= 11 is 0. The SMILES string of the molecule is C=N/C=C\C=N/CN1C(C)CN(C(=O)OC(C)(C)C)CC1C. The molecule has 0 radical (unpaired) electrons. The predicted octanol–water partition coefficient (Wildman–Crippen LogP) is 2.56. The van der Waals surface area contributed by atoms with Crippen molar-refractivity contribution in [3.8, 4) is 0 Å². The smallest absolute Gasteiger partial charge is 0.410 e. The fourth-order valence-electron chi connectivity index (χ4n) is 2.41. The van der Waals surface area contributed by atoms with Crippen molar-refractivity contribution in [2.45, 2.75) is 52.3 Å². The summed E-state index contributed by atoms with van der Waals surface area (Å²) < 4.78 is 5.45. The van der Waals surface area contributed by atoms with Gasteiger partial charge in [0.15, 0.2) is 0 Å². The molecule has 0 aliphatic carbocycles. The number of nitrogens with zero attached hydrogens (tertiary/aromatic N) is 4. The molecule has 1 saturated heterocycles. The van der Waals surface area contributed by atoms with Crippen LogP contribution >= 0.6 is 0 Å². The number of allylic oxidation sites excluding steroid dienone is 1. The first-order valence-corrected chi connectivity index (χ1v) is 7.59. The van der Waals surface area contributed by atoms with E-state index in [-0.39, 0.29) is 18.2 Å². The van der Waals surface area contributed by atoms with Crippen LogP contribution in [0.2, 0.25) is 0 Å². The van der Waals surface area contributed by atoms with Gasteiger partial charge < -0.3 is 9.64 Å². The summed E-state index contributed by atoms with van der Waals surface area (Å²) in [6, 6.07) is 0.463. The van der Waals surface area contributed by atoms with Crippen molar-refractivity contribution in [3.63, 3.8) is 0 Å². The Morgan fingerprint density at radius 3 is 2.41 bits per heavy atom. The minimum absolute atomic E-state index is 0.231. The maximum atomic E-state index is 12.2. The number of carbonyl (C=O) groups is 1. The van der Waals surface area contributed by atoms with Crippen molar-refractivity contribution < 1.29 is 9.53 Å². The average molecular weight is 308 g/mol. The van der Waals surface area contributed by atoms with E-state index in [0.717, 1.165) is 0 Å². The lowest BCUT2D eigenvalue weighted by Crippen LogP contribution is -2.58. The Kier molecular flexibility index (Phi) is 6.74. The Bertz CT molecular complexity index is 428. The van der Waals surface area contributed by atoms with Crippen LogP contribution in [0.1, 0.15) is 34.6 Å². The minimum atomic E-state index is -0.462. The number of aliphatic imine (C=N–C) groups is 2. The van der Waals surface area contributed by atoms with E-state index in [1.165, 1.54) is 0 Å². The van der Waals surface area contributed by atoms with Crippen LogP contribution in [0.3, 0.4) is 0 Å². The van der Waals surface area contributed by atoms with Crippen LogP contribution in [-0.2, 0) is 4.74 Å². The molecule has 0 saturated carbocycles. The fourth-order valence-corrected chi connectivity index (χ4v) is 2.41. The number of hydrogen-bond acceptors (Lipinski definition) is 5. The molecule has 1 heterocycles. The van der Waals surface area contributed by atoms with E-state index in [1.54, 1.807) is 23.4 Å². The first kappa shape index (κ1) is 18.4. The summed E-state index contributed by atoms with van der Waals surface area (Å²) in [5.41, 5.74) is -0.462. The van der Waals surface area contributed by atoms with Gasteiger partial charge in [0.1, 0.15) is 5.60 Å². The van der Waals surface area contributed by atoms with Gasteiger partial charge in [-0.25, -0.2) is 4.79 Å². The van der Waals surface area contributed by atoms with Gasteiger partial charge in [0.25, 0.3) is 0 Å². The van der Waals surface area contributed by atoms with Gasteiger partial charge in [0.2, 0.25) is 0 Å². The normalized spacial score (nSPS) is 24.1. The van der Waals surface area contributed by atoms with Gasteiger partial charge in [-0.15, -0.1) is 0 Å². The molecule has 2 atom stereocenters. The number of ether oxygens (including phenoxy) is 1. The van der Waals surface area contributed by atoms with E-state index in [1.807, 2.05) is 20.8 Å². The molecule has 1 rings (SSSR count). The monoisotopic (exact) mass is 308 g/mol. The molecule has 1 fully saturated rings. The Hall–Kier alpha value is -1.69. The second-order valence-electron chi connectivity index (χ2n) is 6.59. The van der Waals surface area contributed by atoms with Crippen LogP contribution in [-0.4, -0.2) is 66.3 Å².